The molecule has 1 aromatic carbocycles. The first-order chi connectivity index (χ1) is 8.79. The summed E-state index contributed by atoms with van der Waals surface area (Å²) in [5, 5.41) is 9.15. The van der Waals surface area contributed by atoms with Crippen LogP contribution >= 0.6 is 0 Å². The second-order valence-corrected chi connectivity index (χ2v) is 5.50. The van der Waals surface area contributed by atoms with E-state index in [-0.39, 0.29) is 11.8 Å². The van der Waals surface area contributed by atoms with Crippen molar-refractivity contribution in [1.29, 1.82) is 5.26 Å². The fourth-order valence-corrected chi connectivity index (χ4v) is 2.51. The van der Waals surface area contributed by atoms with Gasteiger partial charge in [0.05, 0.1) is 6.07 Å². The van der Waals surface area contributed by atoms with Crippen LogP contribution in [0.2, 0.25) is 0 Å². The number of amides is 1. The van der Waals surface area contributed by atoms with Crippen molar-refractivity contribution in [1.82, 2.24) is 0 Å². The molecule has 0 aliphatic carbocycles. The monoisotopic (exact) mass is 258 g/mol. The molecule has 1 unspecified atom stereocenters. The van der Waals surface area contributed by atoms with E-state index in [4.69, 9.17) is 5.26 Å². The highest BCUT2D eigenvalue weighted by Gasteiger charge is 2.27. The fraction of sp³-hybridized carbons (Fsp3) is 0.500. The third-order valence-electron chi connectivity index (χ3n) is 3.37. The molecular formula is C16H22N2O. The van der Waals surface area contributed by atoms with E-state index in [1.807, 2.05) is 34.6 Å². The minimum Gasteiger partial charge on any atom is -0.314 e. The molecule has 0 heterocycles. The lowest BCUT2D eigenvalue weighted by Crippen LogP contribution is -2.35. The molecule has 0 saturated carbocycles. The van der Waals surface area contributed by atoms with Crippen LogP contribution < -0.4 is 4.90 Å². The molecule has 0 aromatic heterocycles. The summed E-state index contributed by atoms with van der Waals surface area (Å²) in [4.78, 5) is 14.0. The van der Waals surface area contributed by atoms with Gasteiger partial charge < -0.3 is 4.90 Å². The minimum atomic E-state index is -0.592. The Balaban J connectivity index is 3.18. The van der Waals surface area contributed by atoms with E-state index in [1.165, 1.54) is 5.56 Å². The van der Waals surface area contributed by atoms with Crippen molar-refractivity contribution < 1.29 is 4.79 Å². The van der Waals surface area contributed by atoms with Crippen LogP contribution in [-0.2, 0) is 4.79 Å². The van der Waals surface area contributed by atoms with Gasteiger partial charge in [-0.15, -0.1) is 0 Å². The predicted molar refractivity (Wildman–Crippen MR) is 78.0 cm³/mol. The summed E-state index contributed by atoms with van der Waals surface area (Å²) in [6, 6.07) is 6.23. The average Bonchev–Trinajstić information content (AvgIpc) is 2.27. The molecule has 1 amide bonds. The van der Waals surface area contributed by atoms with Crippen LogP contribution in [0.15, 0.2) is 12.1 Å². The molecule has 0 spiro atoms. The Morgan fingerprint density at radius 2 is 1.68 bits per heavy atom. The summed E-state index contributed by atoms with van der Waals surface area (Å²) in [6.45, 7) is 9.83. The summed E-state index contributed by atoms with van der Waals surface area (Å²) < 4.78 is 0. The van der Waals surface area contributed by atoms with Crippen LogP contribution in [-0.4, -0.2) is 13.0 Å². The second kappa shape index (κ2) is 5.88. The van der Waals surface area contributed by atoms with Crippen molar-refractivity contribution in [3.05, 3.63) is 28.8 Å². The molecule has 102 valence electrons. The van der Waals surface area contributed by atoms with Crippen LogP contribution in [0.25, 0.3) is 0 Å². The molecule has 3 nitrogen and oxygen atoms in total. The van der Waals surface area contributed by atoms with E-state index < -0.39 is 5.92 Å². The highest BCUT2D eigenvalue weighted by molar-refractivity contribution is 5.97. The van der Waals surface area contributed by atoms with Gasteiger partial charge in [-0.2, -0.15) is 5.26 Å². The first-order valence-corrected chi connectivity index (χ1v) is 6.54. The van der Waals surface area contributed by atoms with E-state index >= 15 is 0 Å². The lowest BCUT2D eigenvalue weighted by molar-refractivity contribution is -0.121. The highest BCUT2D eigenvalue weighted by Crippen LogP contribution is 2.27. The molecule has 0 aliphatic heterocycles. The standard InChI is InChI=1S/C16H22N2O/c1-10(2)14(9-17)16(19)18(6)15-12(4)7-11(3)8-13(15)5/h7-8,10,14H,1-6H3. The summed E-state index contributed by atoms with van der Waals surface area (Å²) in [5.74, 6) is -0.705. The zero-order valence-corrected chi connectivity index (χ0v) is 12.6. The summed E-state index contributed by atoms with van der Waals surface area (Å²) in [5.41, 5.74) is 4.22. The molecule has 0 saturated heterocycles. The molecular weight excluding hydrogens is 236 g/mol. The Kier molecular flexibility index (Phi) is 4.72. The van der Waals surface area contributed by atoms with Crippen molar-refractivity contribution in [3.8, 4) is 6.07 Å². The van der Waals surface area contributed by atoms with E-state index in [1.54, 1.807) is 11.9 Å². The Labute approximate surface area is 115 Å². The van der Waals surface area contributed by atoms with Gasteiger partial charge in [0.25, 0.3) is 0 Å². The van der Waals surface area contributed by atoms with Crippen LogP contribution in [0.4, 0.5) is 5.69 Å². The second-order valence-electron chi connectivity index (χ2n) is 5.50. The maximum Gasteiger partial charge on any atom is 0.244 e. The molecule has 1 rings (SSSR count). The SMILES string of the molecule is Cc1cc(C)c(N(C)C(=O)C(C#N)C(C)C)c(C)c1. The van der Waals surface area contributed by atoms with E-state index in [0.29, 0.717) is 0 Å². The maximum absolute atomic E-state index is 12.4. The Hall–Kier alpha value is -1.82. The number of carbonyl (C=O) groups excluding carboxylic acids is 1. The number of benzene rings is 1. The number of anilines is 1. The Bertz CT molecular complexity index is 503. The van der Waals surface area contributed by atoms with Gasteiger partial charge >= 0.3 is 0 Å². The van der Waals surface area contributed by atoms with E-state index in [9.17, 15) is 4.79 Å². The van der Waals surface area contributed by atoms with Gasteiger partial charge in [0.15, 0.2) is 0 Å². The molecule has 19 heavy (non-hydrogen) atoms. The fourth-order valence-electron chi connectivity index (χ4n) is 2.51. The van der Waals surface area contributed by atoms with Gasteiger partial charge in [-0.25, -0.2) is 0 Å². The number of nitrogens with zero attached hydrogens (tertiary/aromatic N) is 2. The van der Waals surface area contributed by atoms with Crippen LogP contribution in [0, 0.1) is 43.9 Å². The largest absolute Gasteiger partial charge is 0.314 e. The Morgan fingerprint density at radius 3 is 2.05 bits per heavy atom. The first kappa shape index (κ1) is 15.2. The van der Waals surface area contributed by atoms with Crippen molar-refractivity contribution in [2.45, 2.75) is 34.6 Å². The molecule has 3 heteroatoms. The quantitative estimate of drug-likeness (QED) is 0.834. The van der Waals surface area contributed by atoms with Gasteiger partial charge in [-0.1, -0.05) is 31.5 Å². The molecule has 1 aromatic rings. The van der Waals surface area contributed by atoms with Crippen molar-refractivity contribution in [2.24, 2.45) is 11.8 Å². The maximum atomic E-state index is 12.4. The third kappa shape index (κ3) is 3.14. The van der Waals surface area contributed by atoms with Gasteiger partial charge in [0, 0.05) is 12.7 Å². The molecule has 0 bridgehead atoms. The number of aryl methyl sites for hydroxylation is 3. The summed E-state index contributed by atoms with van der Waals surface area (Å²) in [6.07, 6.45) is 0. The van der Waals surface area contributed by atoms with Crippen LogP contribution in [0.3, 0.4) is 0 Å². The van der Waals surface area contributed by atoms with Gasteiger partial charge in [-0.3, -0.25) is 4.79 Å². The van der Waals surface area contributed by atoms with E-state index in [2.05, 4.69) is 18.2 Å². The lowest BCUT2D eigenvalue weighted by Gasteiger charge is -2.25. The number of nitriles is 1. The number of hydrogen-bond acceptors (Lipinski definition) is 2. The molecule has 0 fully saturated rings. The van der Waals surface area contributed by atoms with Gasteiger partial charge in [0.1, 0.15) is 5.92 Å². The number of rotatable bonds is 3. The summed E-state index contributed by atoms with van der Waals surface area (Å²) in [7, 11) is 1.75. The normalized spacial score (nSPS) is 12.1. The lowest BCUT2D eigenvalue weighted by atomic mass is 9.95. The smallest absolute Gasteiger partial charge is 0.244 e. The molecule has 0 aliphatic rings. The van der Waals surface area contributed by atoms with Crippen molar-refractivity contribution in [3.63, 3.8) is 0 Å². The number of hydrogen-bond donors (Lipinski definition) is 0. The van der Waals surface area contributed by atoms with Crippen LogP contribution in [0.1, 0.15) is 30.5 Å². The van der Waals surface area contributed by atoms with Gasteiger partial charge in [0.2, 0.25) is 5.91 Å². The minimum absolute atomic E-state index is 0.0195. The third-order valence-corrected chi connectivity index (χ3v) is 3.37. The Morgan fingerprint density at radius 1 is 1.21 bits per heavy atom. The molecule has 1 atom stereocenters. The zero-order valence-electron chi connectivity index (χ0n) is 12.6. The average molecular weight is 258 g/mol. The number of carbonyl (C=O) groups is 1. The van der Waals surface area contributed by atoms with Crippen molar-refractivity contribution >= 4 is 11.6 Å². The van der Waals surface area contributed by atoms with Crippen LogP contribution in [0.5, 0.6) is 0 Å². The topological polar surface area (TPSA) is 44.1 Å². The summed E-state index contributed by atoms with van der Waals surface area (Å²) >= 11 is 0. The molecule has 0 radical (unpaired) electrons. The van der Waals surface area contributed by atoms with Crippen molar-refractivity contribution in [2.75, 3.05) is 11.9 Å². The highest BCUT2D eigenvalue weighted by atomic mass is 16.2. The van der Waals surface area contributed by atoms with Gasteiger partial charge in [-0.05, 0) is 37.8 Å². The van der Waals surface area contributed by atoms with E-state index in [0.717, 1.165) is 16.8 Å². The zero-order chi connectivity index (χ0) is 14.7. The first-order valence-electron chi connectivity index (χ1n) is 6.54. The molecule has 0 N–H and O–H groups in total. The predicted octanol–water partition coefficient (Wildman–Crippen LogP) is 3.37.